The third-order valence-electron chi connectivity index (χ3n) is 3.65. The van der Waals surface area contributed by atoms with Crippen molar-refractivity contribution in [2.75, 3.05) is 26.2 Å². The Morgan fingerprint density at radius 3 is 2.52 bits per heavy atom. The number of hydrogen-bond acceptors (Lipinski definition) is 3. The Hall–Kier alpha value is -0.650. The molecule has 1 aromatic heterocycles. The Morgan fingerprint density at radius 1 is 1.14 bits per heavy atom. The van der Waals surface area contributed by atoms with Crippen molar-refractivity contribution in [1.82, 2.24) is 10.2 Å². The van der Waals surface area contributed by atoms with Crippen molar-refractivity contribution in [3.8, 4) is 0 Å². The third kappa shape index (κ3) is 3.25. The summed E-state index contributed by atoms with van der Waals surface area (Å²) in [6.07, 6.45) is 0. The van der Waals surface area contributed by atoms with E-state index in [1.54, 1.807) is 12.1 Å². The van der Waals surface area contributed by atoms with Crippen molar-refractivity contribution in [2.24, 2.45) is 0 Å². The van der Waals surface area contributed by atoms with Crippen LogP contribution in [0.15, 0.2) is 30.3 Å². The SMILES string of the molecule is Fc1cccc(Cl)c1[C@H](c1ccc(Cl)s1)N1CCNCC1. The minimum atomic E-state index is -0.268. The smallest absolute Gasteiger partial charge is 0.129 e. The lowest BCUT2D eigenvalue weighted by Gasteiger charge is -2.35. The number of benzene rings is 1. The van der Waals surface area contributed by atoms with E-state index in [0.29, 0.717) is 14.9 Å². The molecule has 21 heavy (non-hydrogen) atoms. The van der Waals surface area contributed by atoms with Gasteiger partial charge >= 0.3 is 0 Å². The van der Waals surface area contributed by atoms with Crippen LogP contribution in [-0.4, -0.2) is 31.1 Å². The van der Waals surface area contributed by atoms with Gasteiger partial charge in [-0.05, 0) is 24.3 Å². The van der Waals surface area contributed by atoms with Crippen LogP contribution in [0.2, 0.25) is 9.36 Å². The van der Waals surface area contributed by atoms with Crippen LogP contribution in [0.25, 0.3) is 0 Å². The number of piperazine rings is 1. The molecule has 0 amide bonds. The highest BCUT2D eigenvalue weighted by Gasteiger charge is 2.29. The van der Waals surface area contributed by atoms with Gasteiger partial charge in [-0.1, -0.05) is 29.3 Å². The quantitative estimate of drug-likeness (QED) is 0.897. The van der Waals surface area contributed by atoms with Crippen molar-refractivity contribution < 1.29 is 4.39 Å². The lowest BCUT2D eigenvalue weighted by molar-refractivity contribution is 0.197. The molecule has 1 fully saturated rings. The van der Waals surface area contributed by atoms with E-state index in [1.807, 2.05) is 12.1 Å². The minimum absolute atomic E-state index is 0.182. The fourth-order valence-electron chi connectivity index (χ4n) is 2.69. The summed E-state index contributed by atoms with van der Waals surface area (Å²) in [5.41, 5.74) is 0.541. The van der Waals surface area contributed by atoms with E-state index in [0.717, 1.165) is 31.1 Å². The van der Waals surface area contributed by atoms with Gasteiger partial charge in [-0.25, -0.2) is 4.39 Å². The monoisotopic (exact) mass is 344 g/mol. The van der Waals surface area contributed by atoms with Gasteiger partial charge in [0, 0.05) is 41.6 Å². The van der Waals surface area contributed by atoms with Gasteiger partial charge in [0.2, 0.25) is 0 Å². The number of rotatable bonds is 3. The molecule has 2 aromatic rings. The molecule has 6 heteroatoms. The molecule has 112 valence electrons. The average Bonchev–Trinajstić information content (AvgIpc) is 2.90. The lowest BCUT2D eigenvalue weighted by Crippen LogP contribution is -2.45. The highest BCUT2D eigenvalue weighted by atomic mass is 35.5. The first-order valence-electron chi connectivity index (χ1n) is 6.81. The number of nitrogens with zero attached hydrogens (tertiary/aromatic N) is 1. The van der Waals surface area contributed by atoms with Gasteiger partial charge in [0.25, 0.3) is 0 Å². The summed E-state index contributed by atoms with van der Waals surface area (Å²) < 4.78 is 15.1. The second kappa shape index (κ2) is 6.63. The molecule has 2 nitrogen and oxygen atoms in total. The van der Waals surface area contributed by atoms with Gasteiger partial charge in [0.15, 0.2) is 0 Å². The molecule has 1 N–H and O–H groups in total. The summed E-state index contributed by atoms with van der Waals surface area (Å²) >= 11 is 13.8. The van der Waals surface area contributed by atoms with Crippen molar-refractivity contribution in [1.29, 1.82) is 0 Å². The topological polar surface area (TPSA) is 15.3 Å². The van der Waals surface area contributed by atoms with Gasteiger partial charge in [-0.2, -0.15) is 0 Å². The standard InChI is InChI=1S/C15H15Cl2FN2S/c16-10-2-1-3-11(18)14(10)15(12-4-5-13(17)21-12)20-8-6-19-7-9-20/h1-5,15,19H,6-9H2/t15-/m0/s1. The van der Waals surface area contributed by atoms with Gasteiger partial charge in [-0.15, -0.1) is 11.3 Å². The summed E-state index contributed by atoms with van der Waals surface area (Å²) in [4.78, 5) is 3.28. The van der Waals surface area contributed by atoms with Gasteiger partial charge in [0.1, 0.15) is 5.82 Å². The summed E-state index contributed by atoms with van der Waals surface area (Å²) in [5.74, 6) is -0.268. The van der Waals surface area contributed by atoms with E-state index in [1.165, 1.54) is 17.4 Å². The van der Waals surface area contributed by atoms with Crippen LogP contribution in [0.1, 0.15) is 16.5 Å². The van der Waals surface area contributed by atoms with Crippen molar-refractivity contribution >= 4 is 34.5 Å². The summed E-state index contributed by atoms with van der Waals surface area (Å²) in [7, 11) is 0. The van der Waals surface area contributed by atoms with Crippen molar-refractivity contribution in [3.05, 3.63) is 55.9 Å². The first-order valence-corrected chi connectivity index (χ1v) is 8.38. The first-order chi connectivity index (χ1) is 10.2. The van der Waals surface area contributed by atoms with E-state index < -0.39 is 0 Å². The van der Waals surface area contributed by atoms with Crippen LogP contribution in [0.4, 0.5) is 4.39 Å². The van der Waals surface area contributed by atoms with E-state index >= 15 is 0 Å². The molecule has 3 rings (SSSR count). The Bertz CT molecular complexity index is 606. The molecule has 1 aromatic carbocycles. The molecule has 1 aliphatic rings. The second-order valence-corrected chi connectivity index (χ2v) is 7.12. The van der Waals surface area contributed by atoms with E-state index in [4.69, 9.17) is 23.2 Å². The fourth-order valence-corrected chi connectivity index (χ4v) is 4.16. The second-order valence-electron chi connectivity index (χ2n) is 4.97. The Kier molecular flexibility index (Phi) is 4.82. The summed E-state index contributed by atoms with van der Waals surface area (Å²) in [6, 6.07) is 8.47. The molecule has 0 unspecified atom stereocenters. The van der Waals surface area contributed by atoms with Gasteiger partial charge < -0.3 is 5.32 Å². The van der Waals surface area contributed by atoms with Crippen LogP contribution in [-0.2, 0) is 0 Å². The maximum Gasteiger partial charge on any atom is 0.129 e. The predicted molar refractivity (Wildman–Crippen MR) is 87.0 cm³/mol. The normalized spacial score (nSPS) is 17.9. The average molecular weight is 345 g/mol. The Morgan fingerprint density at radius 2 is 1.90 bits per heavy atom. The first kappa shape index (κ1) is 15.3. The third-order valence-corrected chi connectivity index (χ3v) is 5.27. The molecule has 0 radical (unpaired) electrons. The maximum atomic E-state index is 14.4. The van der Waals surface area contributed by atoms with Crippen molar-refractivity contribution in [3.63, 3.8) is 0 Å². The number of thiophene rings is 1. The molecule has 1 aliphatic heterocycles. The largest absolute Gasteiger partial charge is 0.314 e. The van der Waals surface area contributed by atoms with E-state index in [2.05, 4.69) is 10.2 Å². The molecular weight excluding hydrogens is 330 g/mol. The number of nitrogens with one attached hydrogen (secondary N) is 1. The summed E-state index contributed by atoms with van der Waals surface area (Å²) in [5, 5.41) is 3.78. The number of hydrogen-bond donors (Lipinski definition) is 1. The van der Waals surface area contributed by atoms with Crippen LogP contribution >= 0.6 is 34.5 Å². The molecule has 0 spiro atoms. The van der Waals surface area contributed by atoms with Gasteiger partial charge in [0.05, 0.1) is 10.4 Å². The zero-order valence-electron chi connectivity index (χ0n) is 11.3. The molecule has 1 saturated heterocycles. The van der Waals surface area contributed by atoms with Crippen molar-refractivity contribution in [2.45, 2.75) is 6.04 Å². The molecule has 1 atom stereocenters. The fraction of sp³-hybridized carbons (Fsp3) is 0.333. The van der Waals surface area contributed by atoms with Gasteiger partial charge in [-0.3, -0.25) is 4.90 Å². The lowest BCUT2D eigenvalue weighted by atomic mass is 10.0. The molecular formula is C15H15Cl2FN2S. The van der Waals surface area contributed by atoms with Crippen LogP contribution < -0.4 is 5.32 Å². The van der Waals surface area contributed by atoms with E-state index in [-0.39, 0.29) is 11.9 Å². The predicted octanol–water partition coefficient (Wildman–Crippen LogP) is 4.19. The molecule has 0 bridgehead atoms. The van der Waals surface area contributed by atoms with Crippen LogP contribution in [0.5, 0.6) is 0 Å². The zero-order valence-corrected chi connectivity index (χ0v) is 13.6. The summed E-state index contributed by atoms with van der Waals surface area (Å²) in [6.45, 7) is 3.49. The van der Waals surface area contributed by atoms with Crippen LogP contribution in [0, 0.1) is 5.82 Å². The highest BCUT2D eigenvalue weighted by Crippen LogP contribution is 2.39. The Labute approximate surface area is 137 Å². The zero-order chi connectivity index (χ0) is 14.8. The highest BCUT2D eigenvalue weighted by molar-refractivity contribution is 7.16. The molecule has 2 heterocycles. The minimum Gasteiger partial charge on any atom is -0.314 e. The van der Waals surface area contributed by atoms with Crippen LogP contribution in [0.3, 0.4) is 0 Å². The Balaban J connectivity index is 2.07. The molecule has 0 saturated carbocycles. The maximum absolute atomic E-state index is 14.4. The number of halogens is 3. The van der Waals surface area contributed by atoms with E-state index in [9.17, 15) is 4.39 Å². The molecule has 0 aliphatic carbocycles.